The van der Waals surface area contributed by atoms with Crippen LogP contribution in [-0.2, 0) is 14.4 Å². The van der Waals surface area contributed by atoms with Crippen molar-refractivity contribution >= 4 is 12.3 Å². The summed E-state index contributed by atoms with van der Waals surface area (Å²) in [5.74, 6) is 0.225. The molecule has 60 valence electrons. The zero-order chi connectivity index (χ0) is 8.10. The highest BCUT2D eigenvalue weighted by Gasteiger charge is 2.10. The smallest absolute Gasteiger partial charge is 0.273 e. The first-order chi connectivity index (χ1) is 5.34. The van der Waals surface area contributed by atoms with Gasteiger partial charge in [-0.05, 0) is 5.16 Å². The van der Waals surface area contributed by atoms with Crippen LogP contribution in [0.1, 0.15) is 0 Å². The highest BCUT2D eigenvalue weighted by molar-refractivity contribution is 5.93. The highest BCUT2D eigenvalue weighted by Crippen LogP contribution is 1.98. The summed E-state index contributed by atoms with van der Waals surface area (Å²) in [5, 5.41) is 5.83. The van der Waals surface area contributed by atoms with Crippen LogP contribution in [0.15, 0.2) is 17.4 Å². The molecule has 0 atom stereocenters. The van der Waals surface area contributed by atoms with Crippen LogP contribution >= 0.6 is 0 Å². The molecule has 1 amide bonds. The summed E-state index contributed by atoms with van der Waals surface area (Å²) >= 11 is 0. The van der Waals surface area contributed by atoms with Gasteiger partial charge in [0.25, 0.3) is 5.90 Å². The predicted molar refractivity (Wildman–Crippen MR) is 37.7 cm³/mol. The molecule has 0 radical (unpaired) electrons. The second kappa shape index (κ2) is 3.60. The van der Waals surface area contributed by atoms with Crippen LogP contribution < -0.4 is 5.32 Å². The number of carbonyl (C=O) groups is 1. The fourth-order valence-corrected chi connectivity index (χ4v) is 0.581. The molecule has 1 N–H and O–H groups in total. The molecule has 1 aliphatic rings. The van der Waals surface area contributed by atoms with Gasteiger partial charge in [-0.2, -0.15) is 0 Å². The largest absolute Gasteiger partial charge is 0.470 e. The molecular weight excluding hydrogens is 148 g/mol. The van der Waals surface area contributed by atoms with E-state index in [1.807, 2.05) is 0 Å². The Morgan fingerprint density at radius 2 is 2.55 bits per heavy atom. The molecule has 5 heteroatoms. The predicted octanol–water partition coefficient (Wildman–Crippen LogP) is -0.394. The Balaban J connectivity index is 2.50. The van der Waals surface area contributed by atoms with Gasteiger partial charge in [0.15, 0.2) is 6.61 Å². The number of oxime groups is 1. The van der Waals surface area contributed by atoms with Crippen molar-refractivity contribution in [3.05, 3.63) is 12.3 Å². The highest BCUT2D eigenvalue weighted by atomic mass is 16.7. The maximum atomic E-state index is 9.93. The van der Waals surface area contributed by atoms with Gasteiger partial charge in [-0.3, -0.25) is 4.79 Å². The fourth-order valence-electron chi connectivity index (χ4n) is 0.581. The summed E-state index contributed by atoms with van der Waals surface area (Å²) in [7, 11) is 0. The summed E-state index contributed by atoms with van der Waals surface area (Å²) in [6, 6.07) is 0. The Hall–Kier alpha value is -1.52. The van der Waals surface area contributed by atoms with Crippen LogP contribution in [0.5, 0.6) is 0 Å². The molecule has 11 heavy (non-hydrogen) atoms. The Labute approximate surface area is 63.7 Å². The second-order valence-corrected chi connectivity index (χ2v) is 1.82. The lowest BCUT2D eigenvalue weighted by Crippen LogP contribution is -2.24. The van der Waals surface area contributed by atoms with Crippen molar-refractivity contribution in [1.29, 1.82) is 0 Å². The molecule has 1 rings (SSSR count). The molecule has 0 aromatic carbocycles. The minimum atomic E-state index is 0.225. The number of ether oxygens (including phenoxy) is 1. The normalized spacial score (nSPS) is 15.5. The van der Waals surface area contributed by atoms with Gasteiger partial charge in [-0.25, -0.2) is 0 Å². The van der Waals surface area contributed by atoms with E-state index in [2.05, 4.69) is 17.1 Å². The molecule has 0 aliphatic carbocycles. The lowest BCUT2D eigenvalue weighted by molar-refractivity contribution is -0.108. The van der Waals surface area contributed by atoms with Crippen LogP contribution in [0.25, 0.3) is 0 Å². The summed E-state index contributed by atoms with van der Waals surface area (Å²) < 4.78 is 5.00. The summed E-state index contributed by atoms with van der Waals surface area (Å²) in [6.45, 7) is 4.35. The third-order valence-corrected chi connectivity index (χ3v) is 1.05. The Morgan fingerprint density at radius 1 is 1.73 bits per heavy atom. The monoisotopic (exact) mass is 156 g/mol. The number of nitrogens with zero attached hydrogens (tertiary/aromatic N) is 1. The molecule has 0 saturated carbocycles. The van der Waals surface area contributed by atoms with Gasteiger partial charge >= 0.3 is 0 Å². The van der Waals surface area contributed by atoms with E-state index in [0.717, 1.165) is 0 Å². The Kier molecular flexibility index (Phi) is 2.48. The molecule has 0 bridgehead atoms. The minimum Gasteiger partial charge on any atom is -0.470 e. The second-order valence-electron chi connectivity index (χ2n) is 1.82. The van der Waals surface area contributed by atoms with Crippen molar-refractivity contribution < 1.29 is 14.4 Å². The number of rotatable bonds is 3. The van der Waals surface area contributed by atoms with Gasteiger partial charge in [-0.1, -0.05) is 6.58 Å². The van der Waals surface area contributed by atoms with E-state index < -0.39 is 0 Å². The van der Waals surface area contributed by atoms with Crippen LogP contribution in [0.4, 0.5) is 0 Å². The summed E-state index contributed by atoms with van der Waals surface area (Å²) in [4.78, 5) is 14.6. The van der Waals surface area contributed by atoms with Crippen molar-refractivity contribution in [2.75, 3.05) is 13.2 Å². The number of carbonyl (C=O) groups excluding carboxylic acids is 1. The zero-order valence-electron chi connectivity index (χ0n) is 5.87. The van der Waals surface area contributed by atoms with E-state index in [-0.39, 0.29) is 5.90 Å². The van der Waals surface area contributed by atoms with Crippen molar-refractivity contribution in [3.8, 4) is 0 Å². The van der Waals surface area contributed by atoms with Crippen molar-refractivity contribution in [2.45, 2.75) is 0 Å². The molecular formula is C6H8N2O3. The molecule has 0 saturated heterocycles. The van der Waals surface area contributed by atoms with Gasteiger partial charge in [-0.15, -0.1) is 0 Å². The fraction of sp³-hybridized carbons (Fsp3) is 0.333. The molecule has 0 fully saturated rings. The maximum Gasteiger partial charge on any atom is 0.273 e. The first-order valence-electron chi connectivity index (χ1n) is 3.07. The first-order valence-corrected chi connectivity index (χ1v) is 3.07. The van der Waals surface area contributed by atoms with E-state index in [1.54, 1.807) is 0 Å². The minimum absolute atomic E-state index is 0.225. The van der Waals surface area contributed by atoms with Crippen LogP contribution in [0.3, 0.4) is 0 Å². The van der Waals surface area contributed by atoms with Gasteiger partial charge in [0.2, 0.25) is 6.41 Å². The lowest BCUT2D eigenvalue weighted by atomic mass is 10.5. The topological polar surface area (TPSA) is 59.9 Å². The Morgan fingerprint density at radius 3 is 3.09 bits per heavy atom. The maximum absolute atomic E-state index is 9.93. The number of amides is 1. The van der Waals surface area contributed by atoms with Gasteiger partial charge in [0, 0.05) is 0 Å². The average molecular weight is 156 g/mol. The molecule has 0 spiro atoms. The first kappa shape index (κ1) is 7.59. The van der Waals surface area contributed by atoms with E-state index in [9.17, 15) is 4.79 Å². The number of hydrogen-bond acceptors (Lipinski definition) is 4. The molecule has 0 aromatic rings. The van der Waals surface area contributed by atoms with Crippen molar-refractivity contribution in [1.82, 2.24) is 5.32 Å². The van der Waals surface area contributed by atoms with Crippen LogP contribution in [0, 0.1) is 0 Å². The third kappa shape index (κ3) is 1.96. The van der Waals surface area contributed by atoms with Crippen LogP contribution in [0.2, 0.25) is 0 Å². The van der Waals surface area contributed by atoms with E-state index >= 15 is 0 Å². The third-order valence-electron chi connectivity index (χ3n) is 1.05. The van der Waals surface area contributed by atoms with Gasteiger partial charge in [0.05, 0.1) is 5.70 Å². The quantitative estimate of drug-likeness (QED) is 0.566. The van der Waals surface area contributed by atoms with Crippen LogP contribution in [-0.4, -0.2) is 25.5 Å². The lowest BCUT2D eigenvalue weighted by Gasteiger charge is -2.13. The summed E-state index contributed by atoms with van der Waals surface area (Å²) in [6.07, 6.45) is 0.503. The average Bonchev–Trinajstić information content (AvgIpc) is 2.07. The van der Waals surface area contributed by atoms with E-state index in [0.29, 0.717) is 25.3 Å². The molecule has 0 aromatic heterocycles. The SMILES string of the molecule is C=C(NC=O)C1=NOCCO1. The number of hydrogen-bond donors (Lipinski definition) is 1. The standard InChI is InChI=1S/C6H8N2O3/c1-5(7-4-9)6-8-11-3-2-10-6/h4H,1-3H2,(H,7,9). The van der Waals surface area contributed by atoms with Gasteiger partial charge in [0.1, 0.15) is 6.61 Å². The van der Waals surface area contributed by atoms with E-state index in [4.69, 9.17) is 9.57 Å². The van der Waals surface area contributed by atoms with Crippen molar-refractivity contribution in [3.63, 3.8) is 0 Å². The number of nitrogens with one attached hydrogen (secondary N) is 1. The Bertz CT molecular complexity index is 200. The molecule has 1 aliphatic heterocycles. The van der Waals surface area contributed by atoms with Crippen molar-refractivity contribution in [2.24, 2.45) is 5.16 Å². The molecule has 0 unspecified atom stereocenters. The molecule has 5 nitrogen and oxygen atoms in total. The zero-order valence-corrected chi connectivity index (χ0v) is 5.87. The molecule has 1 heterocycles. The summed E-state index contributed by atoms with van der Waals surface area (Å²) in [5.41, 5.74) is 0.305. The van der Waals surface area contributed by atoms with Gasteiger partial charge < -0.3 is 14.9 Å². The van der Waals surface area contributed by atoms with E-state index in [1.165, 1.54) is 0 Å².